The molecule has 1 aromatic heterocycles. The Balaban J connectivity index is 2.64. The summed E-state index contributed by atoms with van der Waals surface area (Å²) in [5.41, 5.74) is 1.24. The highest BCUT2D eigenvalue weighted by Gasteiger charge is 2.07. The van der Waals surface area contributed by atoms with Crippen molar-refractivity contribution in [1.29, 1.82) is 0 Å². The molecule has 0 saturated heterocycles. The van der Waals surface area contributed by atoms with Gasteiger partial charge in [0, 0.05) is 38.5 Å². The summed E-state index contributed by atoms with van der Waals surface area (Å²) in [6, 6.07) is 4.11. The van der Waals surface area contributed by atoms with Crippen LogP contribution in [0.1, 0.15) is 19.4 Å². The molecule has 1 rings (SSSR count). The number of rotatable bonds is 8. The lowest BCUT2D eigenvalue weighted by molar-refractivity contribution is 0.147. The largest absolute Gasteiger partial charge is 0.383 e. The molecular weight excluding hydrogens is 214 g/mol. The highest BCUT2D eigenvalue weighted by Crippen LogP contribution is 2.13. The molecule has 0 spiro atoms. The van der Waals surface area contributed by atoms with Crippen LogP contribution >= 0.6 is 0 Å². The number of aromatic nitrogens is 1. The maximum absolute atomic E-state index is 5.12. The van der Waals surface area contributed by atoms with Crippen LogP contribution in [0.5, 0.6) is 0 Å². The van der Waals surface area contributed by atoms with Crippen LogP contribution in [0.15, 0.2) is 18.3 Å². The zero-order valence-corrected chi connectivity index (χ0v) is 11.1. The molecule has 0 amide bonds. The number of methoxy groups -OCH3 is 1. The van der Waals surface area contributed by atoms with Crippen molar-refractivity contribution >= 4 is 5.82 Å². The Morgan fingerprint density at radius 1 is 1.41 bits per heavy atom. The molecule has 1 heterocycles. The molecule has 96 valence electrons. The van der Waals surface area contributed by atoms with E-state index >= 15 is 0 Å². The van der Waals surface area contributed by atoms with E-state index in [1.165, 1.54) is 5.56 Å². The molecule has 0 aliphatic rings. The fourth-order valence-electron chi connectivity index (χ4n) is 1.70. The van der Waals surface area contributed by atoms with Gasteiger partial charge in [0.1, 0.15) is 5.82 Å². The lowest BCUT2D eigenvalue weighted by Gasteiger charge is -2.21. The van der Waals surface area contributed by atoms with Crippen LogP contribution in [-0.2, 0) is 11.3 Å². The fraction of sp³-hybridized carbons (Fsp3) is 0.615. The van der Waals surface area contributed by atoms with Gasteiger partial charge < -0.3 is 10.1 Å². The zero-order valence-electron chi connectivity index (χ0n) is 11.1. The second-order valence-corrected chi connectivity index (χ2v) is 3.90. The van der Waals surface area contributed by atoms with Crippen molar-refractivity contribution < 1.29 is 4.74 Å². The predicted octanol–water partition coefficient (Wildman–Crippen LogP) is 1.98. The third-order valence-electron chi connectivity index (χ3n) is 2.69. The minimum atomic E-state index is 0.768. The Kier molecular flexibility index (Phi) is 6.58. The molecule has 4 nitrogen and oxygen atoms in total. The molecule has 1 N–H and O–H groups in total. The third-order valence-corrected chi connectivity index (χ3v) is 2.69. The van der Waals surface area contributed by atoms with E-state index in [1.807, 2.05) is 12.3 Å². The minimum absolute atomic E-state index is 0.768. The van der Waals surface area contributed by atoms with Gasteiger partial charge in [0.25, 0.3) is 0 Å². The molecule has 0 bridgehead atoms. The topological polar surface area (TPSA) is 37.4 Å². The van der Waals surface area contributed by atoms with E-state index in [2.05, 4.69) is 35.1 Å². The van der Waals surface area contributed by atoms with Crippen LogP contribution in [0.25, 0.3) is 0 Å². The van der Waals surface area contributed by atoms with Gasteiger partial charge in [-0.3, -0.25) is 4.90 Å². The van der Waals surface area contributed by atoms with E-state index in [9.17, 15) is 0 Å². The summed E-state index contributed by atoms with van der Waals surface area (Å²) in [7, 11) is 1.74. The Bertz CT molecular complexity index is 317. The molecule has 0 unspecified atom stereocenters. The molecule has 0 atom stereocenters. The summed E-state index contributed by atoms with van der Waals surface area (Å²) >= 11 is 0. The van der Waals surface area contributed by atoms with Crippen molar-refractivity contribution in [3.63, 3.8) is 0 Å². The van der Waals surface area contributed by atoms with Crippen molar-refractivity contribution in [3.8, 4) is 0 Å². The SMILES string of the molecule is CCNc1ncccc1CN(CC)CCOC. The second kappa shape index (κ2) is 8.03. The molecule has 1 aromatic rings. The molecule has 0 fully saturated rings. The van der Waals surface area contributed by atoms with Crippen molar-refractivity contribution in [2.24, 2.45) is 0 Å². The third kappa shape index (κ3) is 4.71. The summed E-state index contributed by atoms with van der Waals surface area (Å²) in [5, 5.41) is 3.29. The van der Waals surface area contributed by atoms with E-state index in [1.54, 1.807) is 7.11 Å². The van der Waals surface area contributed by atoms with Crippen molar-refractivity contribution in [2.45, 2.75) is 20.4 Å². The average Bonchev–Trinajstić information content (AvgIpc) is 2.36. The van der Waals surface area contributed by atoms with Crippen LogP contribution < -0.4 is 5.32 Å². The smallest absolute Gasteiger partial charge is 0.130 e. The first kappa shape index (κ1) is 13.9. The lowest BCUT2D eigenvalue weighted by Crippen LogP contribution is -2.27. The van der Waals surface area contributed by atoms with E-state index in [0.29, 0.717) is 0 Å². The number of likely N-dealkylation sites (N-methyl/N-ethyl adjacent to an activating group) is 1. The number of ether oxygens (including phenoxy) is 1. The number of pyridine rings is 1. The summed E-state index contributed by atoms with van der Waals surface area (Å²) in [4.78, 5) is 6.72. The number of hydrogen-bond donors (Lipinski definition) is 1. The molecule has 0 radical (unpaired) electrons. The van der Waals surface area contributed by atoms with Gasteiger partial charge in [0.2, 0.25) is 0 Å². The first-order chi connectivity index (χ1) is 8.31. The maximum atomic E-state index is 5.12. The average molecular weight is 237 g/mol. The Hall–Kier alpha value is -1.13. The normalized spacial score (nSPS) is 10.8. The van der Waals surface area contributed by atoms with E-state index < -0.39 is 0 Å². The van der Waals surface area contributed by atoms with Gasteiger partial charge >= 0.3 is 0 Å². The Labute approximate surface area is 104 Å². The first-order valence-corrected chi connectivity index (χ1v) is 6.20. The summed E-state index contributed by atoms with van der Waals surface area (Å²) in [5.74, 6) is 0.992. The molecular formula is C13H23N3O. The van der Waals surface area contributed by atoms with Gasteiger partial charge in [-0.05, 0) is 19.5 Å². The molecule has 17 heavy (non-hydrogen) atoms. The van der Waals surface area contributed by atoms with Crippen LogP contribution in [0, 0.1) is 0 Å². The molecule has 4 heteroatoms. The molecule has 0 aliphatic heterocycles. The quantitative estimate of drug-likeness (QED) is 0.750. The summed E-state index contributed by atoms with van der Waals surface area (Å²) in [6.45, 7) is 8.80. The maximum Gasteiger partial charge on any atom is 0.130 e. The van der Waals surface area contributed by atoms with Crippen molar-refractivity contribution in [2.75, 3.05) is 38.7 Å². The van der Waals surface area contributed by atoms with Gasteiger partial charge in [0.05, 0.1) is 6.61 Å². The Morgan fingerprint density at radius 2 is 2.24 bits per heavy atom. The summed E-state index contributed by atoms with van der Waals surface area (Å²) in [6.07, 6.45) is 1.83. The number of nitrogens with one attached hydrogen (secondary N) is 1. The predicted molar refractivity (Wildman–Crippen MR) is 71.2 cm³/mol. The van der Waals surface area contributed by atoms with Crippen LogP contribution in [0.3, 0.4) is 0 Å². The van der Waals surface area contributed by atoms with Crippen molar-refractivity contribution in [1.82, 2.24) is 9.88 Å². The number of nitrogens with zero attached hydrogens (tertiary/aromatic N) is 2. The summed E-state index contributed by atoms with van der Waals surface area (Å²) < 4.78 is 5.12. The second-order valence-electron chi connectivity index (χ2n) is 3.90. The van der Waals surface area contributed by atoms with Crippen LogP contribution in [0.4, 0.5) is 5.82 Å². The van der Waals surface area contributed by atoms with E-state index in [4.69, 9.17) is 4.74 Å². The van der Waals surface area contributed by atoms with Crippen LogP contribution in [0.2, 0.25) is 0 Å². The van der Waals surface area contributed by atoms with E-state index in [0.717, 1.165) is 38.6 Å². The number of anilines is 1. The van der Waals surface area contributed by atoms with Crippen molar-refractivity contribution in [3.05, 3.63) is 23.9 Å². The molecule has 0 saturated carbocycles. The van der Waals surface area contributed by atoms with Gasteiger partial charge in [-0.2, -0.15) is 0 Å². The Morgan fingerprint density at radius 3 is 2.88 bits per heavy atom. The van der Waals surface area contributed by atoms with E-state index in [-0.39, 0.29) is 0 Å². The van der Waals surface area contributed by atoms with Gasteiger partial charge in [0.15, 0.2) is 0 Å². The molecule has 0 aliphatic carbocycles. The standard InChI is InChI=1S/C13H23N3O/c1-4-14-13-12(7-6-8-15-13)11-16(5-2)9-10-17-3/h6-8H,4-5,9-11H2,1-3H3,(H,14,15). The van der Waals surface area contributed by atoms with Gasteiger partial charge in [-0.15, -0.1) is 0 Å². The van der Waals surface area contributed by atoms with Gasteiger partial charge in [-0.1, -0.05) is 13.0 Å². The first-order valence-electron chi connectivity index (χ1n) is 6.20. The van der Waals surface area contributed by atoms with Gasteiger partial charge in [-0.25, -0.2) is 4.98 Å². The lowest BCUT2D eigenvalue weighted by atomic mass is 10.2. The molecule has 0 aromatic carbocycles. The highest BCUT2D eigenvalue weighted by atomic mass is 16.5. The van der Waals surface area contributed by atoms with Crippen LogP contribution in [-0.4, -0.2) is 43.2 Å². The monoisotopic (exact) mass is 237 g/mol. The zero-order chi connectivity index (χ0) is 12.5. The fourth-order valence-corrected chi connectivity index (χ4v) is 1.70. The minimum Gasteiger partial charge on any atom is -0.383 e. The highest BCUT2D eigenvalue weighted by molar-refractivity contribution is 5.43. The number of hydrogen-bond acceptors (Lipinski definition) is 4.